The molecule has 0 saturated heterocycles. The highest BCUT2D eigenvalue weighted by Gasteiger charge is 2.16. The smallest absolute Gasteiger partial charge is 0.261 e. The van der Waals surface area contributed by atoms with Crippen molar-refractivity contribution in [3.05, 3.63) is 77.4 Å². The van der Waals surface area contributed by atoms with Gasteiger partial charge in [-0.3, -0.25) is 4.72 Å². The van der Waals surface area contributed by atoms with E-state index in [1.807, 2.05) is 20.8 Å². The van der Waals surface area contributed by atoms with Crippen molar-refractivity contribution in [3.8, 4) is 23.2 Å². The van der Waals surface area contributed by atoms with Crippen LogP contribution in [0.5, 0.6) is 17.4 Å². The van der Waals surface area contributed by atoms with E-state index in [1.54, 1.807) is 61.2 Å². The van der Waals surface area contributed by atoms with Crippen molar-refractivity contribution in [2.24, 2.45) is 0 Å². The number of methoxy groups -OCH3 is 1. The number of anilines is 1. The van der Waals surface area contributed by atoms with E-state index in [4.69, 9.17) is 9.47 Å². The van der Waals surface area contributed by atoms with Gasteiger partial charge in [0, 0.05) is 17.4 Å². The largest absolute Gasteiger partial charge is 0.496 e. The maximum Gasteiger partial charge on any atom is 0.261 e. The second-order valence-corrected chi connectivity index (χ2v) is 9.47. The van der Waals surface area contributed by atoms with Gasteiger partial charge in [-0.15, -0.1) is 0 Å². The first-order valence-corrected chi connectivity index (χ1v) is 12.0. The molecule has 2 aromatic heterocycles. The van der Waals surface area contributed by atoms with Crippen molar-refractivity contribution in [2.45, 2.75) is 32.6 Å². The summed E-state index contributed by atoms with van der Waals surface area (Å²) in [6.45, 7) is 7.73. The summed E-state index contributed by atoms with van der Waals surface area (Å²) in [5, 5.41) is 4.51. The van der Waals surface area contributed by atoms with Gasteiger partial charge >= 0.3 is 0 Å². The molecule has 4 aromatic rings. The summed E-state index contributed by atoms with van der Waals surface area (Å²) in [5.74, 6) is 2.06. The summed E-state index contributed by atoms with van der Waals surface area (Å²) in [5.41, 5.74) is 4.16. The molecule has 0 saturated carbocycles. The Morgan fingerprint density at radius 3 is 2.29 bits per heavy atom. The van der Waals surface area contributed by atoms with Crippen LogP contribution in [-0.4, -0.2) is 35.3 Å². The zero-order valence-electron chi connectivity index (χ0n) is 19.5. The lowest BCUT2D eigenvalue weighted by Crippen LogP contribution is -2.13. The minimum absolute atomic E-state index is 0.152. The molecule has 4 rings (SSSR count). The van der Waals surface area contributed by atoms with Gasteiger partial charge in [-0.1, -0.05) is 0 Å². The highest BCUT2D eigenvalue weighted by atomic mass is 32.2. The lowest BCUT2D eigenvalue weighted by atomic mass is 10.2. The van der Waals surface area contributed by atoms with Crippen LogP contribution in [0.4, 0.5) is 5.69 Å². The first-order chi connectivity index (χ1) is 16.2. The van der Waals surface area contributed by atoms with E-state index in [0.29, 0.717) is 28.9 Å². The average molecular weight is 480 g/mol. The van der Waals surface area contributed by atoms with E-state index in [0.717, 1.165) is 22.5 Å². The number of benzene rings is 2. The summed E-state index contributed by atoms with van der Waals surface area (Å²) in [6.07, 6.45) is 1.41. The number of nitrogens with one attached hydrogen (secondary N) is 1. The molecule has 0 radical (unpaired) electrons. The van der Waals surface area contributed by atoms with Gasteiger partial charge in [0.2, 0.25) is 5.88 Å². The lowest BCUT2D eigenvalue weighted by molar-refractivity contribution is 0.411. The van der Waals surface area contributed by atoms with Crippen molar-refractivity contribution in [2.75, 3.05) is 11.8 Å². The first kappa shape index (κ1) is 23.2. The van der Waals surface area contributed by atoms with Crippen molar-refractivity contribution < 1.29 is 17.9 Å². The monoisotopic (exact) mass is 479 g/mol. The minimum atomic E-state index is -3.75. The molecule has 176 valence electrons. The number of aromatic nitrogens is 4. The van der Waals surface area contributed by atoms with E-state index in [1.165, 1.54) is 12.4 Å². The predicted molar refractivity (Wildman–Crippen MR) is 128 cm³/mol. The molecule has 0 bridgehead atoms. The van der Waals surface area contributed by atoms with Gasteiger partial charge in [-0.2, -0.15) is 5.10 Å². The van der Waals surface area contributed by atoms with Gasteiger partial charge in [0.25, 0.3) is 10.0 Å². The average Bonchev–Trinajstić information content (AvgIpc) is 3.07. The van der Waals surface area contributed by atoms with Crippen LogP contribution in [0.2, 0.25) is 0 Å². The van der Waals surface area contributed by atoms with Crippen molar-refractivity contribution in [3.63, 3.8) is 0 Å². The molecule has 0 amide bonds. The molecule has 0 aliphatic carbocycles. The topological polar surface area (TPSA) is 108 Å². The van der Waals surface area contributed by atoms with Gasteiger partial charge in [0.15, 0.2) is 5.82 Å². The van der Waals surface area contributed by atoms with Crippen molar-refractivity contribution in [1.29, 1.82) is 0 Å². The maximum absolute atomic E-state index is 12.7. The summed E-state index contributed by atoms with van der Waals surface area (Å²) in [6, 6.07) is 13.0. The van der Waals surface area contributed by atoms with Crippen LogP contribution in [-0.2, 0) is 10.0 Å². The summed E-state index contributed by atoms with van der Waals surface area (Å²) in [4.78, 5) is 8.61. The third-order valence-corrected chi connectivity index (χ3v) is 6.88. The van der Waals surface area contributed by atoms with E-state index >= 15 is 0 Å². The standard InChI is InChI=1S/C24H25N5O4S/c1-15-12-21(10-11-22(15)32-5)34(30,31)28-19-6-8-20(9-7-19)33-24-13-23(25-14-26-24)29-18(4)16(2)17(3)27-29/h6-14,28H,1-5H3. The van der Waals surface area contributed by atoms with E-state index in [-0.39, 0.29) is 4.90 Å². The SMILES string of the molecule is COc1ccc(S(=O)(=O)Nc2ccc(Oc3cc(-n4nc(C)c(C)c4C)ncn3)cc2)cc1C. The summed E-state index contributed by atoms with van der Waals surface area (Å²) >= 11 is 0. The van der Waals surface area contributed by atoms with Crippen molar-refractivity contribution in [1.82, 2.24) is 19.7 Å². The molecule has 1 N–H and O–H groups in total. The zero-order valence-corrected chi connectivity index (χ0v) is 20.3. The Morgan fingerprint density at radius 2 is 1.68 bits per heavy atom. The predicted octanol–water partition coefficient (Wildman–Crippen LogP) is 4.50. The van der Waals surface area contributed by atoms with Gasteiger partial charge in [-0.05, 0) is 81.3 Å². The number of hydrogen-bond donors (Lipinski definition) is 1. The highest BCUT2D eigenvalue weighted by molar-refractivity contribution is 7.92. The van der Waals surface area contributed by atoms with Crippen LogP contribution in [0, 0.1) is 27.7 Å². The molecule has 9 nitrogen and oxygen atoms in total. The second-order valence-electron chi connectivity index (χ2n) is 7.79. The fourth-order valence-corrected chi connectivity index (χ4v) is 4.53. The van der Waals surface area contributed by atoms with Crippen molar-refractivity contribution >= 4 is 15.7 Å². The Bertz CT molecular complexity index is 1450. The molecule has 0 unspecified atom stereocenters. The maximum atomic E-state index is 12.7. The Labute approximate surface area is 198 Å². The molecule has 10 heteroatoms. The second kappa shape index (κ2) is 9.14. The number of aryl methyl sites for hydroxylation is 2. The molecule has 0 aliphatic heterocycles. The highest BCUT2D eigenvalue weighted by Crippen LogP contribution is 2.26. The number of nitrogens with zero attached hydrogens (tertiary/aromatic N) is 4. The molecular weight excluding hydrogens is 454 g/mol. The summed E-state index contributed by atoms with van der Waals surface area (Å²) in [7, 11) is -2.21. The molecule has 0 spiro atoms. The van der Waals surface area contributed by atoms with Gasteiger partial charge in [0.05, 0.1) is 17.7 Å². The molecular formula is C24H25N5O4S. The van der Waals surface area contributed by atoms with Gasteiger partial charge in [-0.25, -0.2) is 23.1 Å². The summed E-state index contributed by atoms with van der Waals surface area (Å²) < 4.78 is 40.9. The van der Waals surface area contributed by atoms with Crippen LogP contribution in [0.1, 0.15) is 22.5 Å². The number of hydrogen-bond acceptors (Lipinski definition) is 7. The number of ether oxygens (including phenoxy) is 2. The van der Waals surface area contributed by atoms with E-state index in [9.17, 15) is 8.42 Å². The Balaban J connectivity index is 1.49. The van der Waals surface area contributed by atoms with Crippen LogP contribution in [0.15, 0.2) is 59.8 Å². The normalized spacial score (nSPS) is 11.3. The fraction of sp³-hybridized carbons (Fsp3) is 0.208. The molecule has 2 aromatic carbocycles. The molecule has 34 heavy (non-hydrogen) atoms. The lowest BCUT2D eigenvalue weighted by Gasteiger charge is -2.11. The Kier molecular flexibility index (Phi) is 6.25. The van der Waals surface area contributed by atoms with E-state index in [2.05, 4.69) is 19.8 Å². The van der Waals surface area contributed by atoms with Crippen LogP contribution < -0.4 is 14.2 Å². The Morgan fingerprint density at radius 1 is 0.941 bits per heavy atom. The van der Waals surface area contributed by atoms with Crippen LogP contribution >= 0.6 is 0 Å². The van der Waals surface area contributed by atoms with E-state index < -0.39 is 10.0 Å². The van der Waals surface area contributed by atoms with Crippen LogP contribution in [0.25, 0.3) is 5.82 Å². The van der Waals surface area contributed by atoms with Crippen LogP contribution in [0.3, 0.4) is 0 Å². The number of rotatable bonds is 7. The molecule has 0 aliphatic rings. The zero-order chi connectivity index (χ0) is 24.5. The molecule has 2 heterocycles. The third kappa shape index (κ3) is 4.72. The molecule has 0 atom stereocenters. The number of sulfonamides is 1. The van der Waals surface area contributed by atoms with Gasteiger partial charge in [0.1, 0.15) is 17.8 Å². The first-order valence-electron chi connectivity index (χ1n) is 10.5. The Hall–Kier alpha value is -3.92. The quantitative estimate of drug-likeness (QED) is 0.416. The fourth-order valence-electron chi connectivity index (χ4n) is 3.39. The minimum Gasteiger partial charge on any atom is -0.496 e. The van der Waals surface area contributed by atoms with Gasteiger partial charge < -0.3 is 9.47 Å². The molecule has 0 fully saturated rings. The third-order valence-electron chi connectivity index (χ3n) is 5.50.